The summed E-state index contributed by atoms with van der Waals surface area (Å²) >= 11 is 0. The Bertz CT molecular complexity index is 993. The van der Waals surface area contributed by atoms with Gasteiger partial charge in [-0.2, -0.15) is 0 Å². The zero-order chi connectivity index (χ0) is 30.9. The van der Waals surface area contributed by atoms with Gasteiger partial charge >= 0.3 is 0 Å². The Morgan fingerprint density at radius 2 is 1.44 bits per heavy atom. The maximum absolute atomic E-state index is 12.6. The SMILES string of the molecule is CCCCCCC(=O)NC(C(=O)NCC(=O)Nc1ccc(CCC(=O)N(C)CCN(C)C(=O)C(C)C)cc1)C(C)C. The van der Waals surface area contributed by atoms with Gasteiger partial charge in [-0.1, -0.05) is 66.0 Å². The van der Waals surface area contributed by atoms with Crippen molar-refractivity contribution in [2.75, 3.05) is 39.0 Å². The third kappa shape index (κ3) is 14.2. The highest BCUT2D eigenvalue weighted by Crippen LogP contribution is 2.12. The molecule has 5 amide bonds. The molecule has 1 unspecified atom stereocenters. The number of likely N-dealkylation sites (N-methyl/N-ethyl adjacent to an activating group) is 2. The van der Waals surface area contributed by atoms with E-state index in [1.54, 1.807) is 36.0 Å². The van der Waals surface area contributed by atoms with E-state index in [4.69, 9.17) is 0 Å². The first-order chi connectivity index (χ1) is 19.3. The molecule has 1 atom stereocenters. The van der Waals surface area contributed by atoms with Crippen molar-refractivity contribution in [1.29, 1.82) is 0 Å². The van der Waals surface area contributed by atoms with Crippen molar-refractivity contribution in [3.63, 3.8) is 0 Å². The Labute approximate surface area is 246 Å². The molecule has 41 heavy (non-hydrogen) atoms. The number of rotatable bonds is 18. The third-order valence-corrected chi connectivity index (χ3v) is 6.88. The molecule has 0 bridgehead atoms. The standard InChI is InChI=1S/C31H51N5O5/c1-8-9-10-11-12-26(37)34-29(22(2)3)30(40)32-21-27(38)33-25-16-13-24(14-17-25)15-18-28(39)35(6)19-20-36(7)31(41)23(4)5/h13-14,16-17,22-23,29H,8-12,15,18-21H2,1-7H3,(H,32,40)(H,33,38)(H,34,37). The van der Waals surface area contributed by atoms with E-state index in [9.17, 15) is 24.0 Å². The lowest BCUT2D eigenvalue weighted by atomic mass is 10.0. The Balaban J connectivity index is 2.46. The van der Waals surface area contributed by atoms with Gasteiger partial charge in [0.05, 0.1) is 6.54 Å². The first kappa shape index (κ1) is 35.6. The number of amides is 5. The third-order valence-electron chi connectivity index (χ3n) is 6.88. The van der Waals surface area contributed by atoms with Crippen LogP contribution in [0.5, 0.6) is 0 Å². The zero-order valence-corrected chi connectivity index (χ0v) is 26.0. The Kier molecular flexibility index (Phi) is 16.3. The van der Waals surface area contributed by atoms with Gasteiger partial charge in [0.2, 0.25) is 29.5 Å². The smallest absolute Gasteiger partial charge is 0.243 e. The summed E-state index contributed by atoms with van der Waals surface area (Å²) in [4.78, 5) is 65.1. The highest BCUT2D eigenvalue weighted by Gasteiger charge is 2.24. The topological polar surface area (TPSA) is 128 Å². The number of nitrogens with one attached hydrogen (secondary N) is 3. The van der Waals surface area contributed by atoms with Crippen molar-refractivity contribution in [1.82, 2.24) is 20.4 Å². The van der Waals surface area contributed by atoms with Gasteiger partial charge in [-0.25, -0.2) is 0 Å². The molecule has 230 valence electrons. The molecule has 0 radical (unpaired) electrons. The average Bonchev–Trinajstić information content (AvgIpc) is 2.94. The van der Waals surface area contributed by atoms with E-state index >= 15 is 0 Å². The van der Waals surface area contributed by atoms with Gasteiger partial charge < -0.3 is 25.8 Å². The van der Waals surface area contributed by atoms with Crippen LogP contribution in [-0.2, 0) is 30.4 Å². The summed E-state index contributed by atoms with van der Waals surface area (Å²) in [5, 5.41) is 8.17. The van der Waals surface area contributed by atoms with Crippen molar-refractivity contribution >= 4 is 35.2 Å². The molecule has 0 spiro atoms. The number of anilines is 1. The normalized spacial score (nSPS) is 11.6. The van der Waals surface area contributed by atoms with Crippen LogP contribution in [0.3, 0.4) is 0 Å². The monoisotopic (exact) mass is 573 g/mol. The molecule has 3 N–H and O–H groups in total. The highest BCUT2D eigenvalue weighted by molar-refractivity contribution is 5.96. The Morgan fingerprint density at radius 3 is 2.02 bits per heavy atom. The summed E-state index contributed by atoms with van der Waals surface area (Å²) in [6, 6.07) is 6.51. The molecule has 0 aliphatic carbocycles. The van der Waals surface area contributed by atoms with Gasteiger partial charge in [0, 0.05) is 51.6 Å². The van der Waals surface area contributed by atoms with E-state index in [-0.39, 0.29) is 47.9 Å². The second kappa shape index (κ2) is 18.8. The molecule has 0 saturated heterocycles. The second-order valence-electron chi connectivity index (χ2n) is 11.3. The molecule has 10 nitrogen and oxygen atoms in total. The fourth-order valence-corrected chi connectivity index (χ4v) is 4.15. The van der Waals surface area contributed by atoms with Gasteiger partial charge in [-0.15, -0.1) is 0 Å². The largest absolute Gasteiger partial charge is 0.345 e. The molecular formula is C31H51N5O5. The van der Waals surface area contributed by atoms with Crippen molar-refractivity contribution in [3.8, 4) is 0 Å². The lowest BCUT2D eigenvalue weighted by molar-refractivity contribution is -0.135. The van der Waals surface area contributed by atoms with Gasteiger partial charge in [0.15, 0.2) is 0 Å². The fraction of sp³-hybridized carbons (Fsp3) is 0.645. The number of unbranched alkanes of at least 4 members (excludes halogenated alkanes) is 3. The van der Waals surface area contributed by atoms with Crippen LogP contribution in [0.1, 0.15) is 78.7 Å². The zero-order valence-electron chi connectivity index (χ0n) is 26.0. The summed E-state index contributed by atoms with van der Waals surface area (Å²) < 4.78 is 0. The quantitative estimate of drug-likeness (QED) is 0.232. The molecule has 1 rings (SSSR count). The Morgan fingerprint density at radius 1 is 0.805 bits per heavy atom. The maximum Gasteiger partial charge on any atom is 0.243 e. The lowest BCUT2D eigenvalue weighted by Crippen LogP contribution is -2.51. The minimum absolute atomic E-state index is 0.00379. The first-order valence-electron chi connectivity index (χ1n) is 14.8. The summed E-state index contributed by atoms with van der Waals surface area (Å²) in [5.74, 6) is -1.06. The predicted octanol–water partition coefficient (Wildman–Crippen LogP) is 3.36. The molecule has 0 fully saturated rings. The van der Waals surface area contributed by atoms with Crippen molar-refractivity contribution in [2.45, 2.75) is 85.6 Å². The van der Waals surface area contributed by atoms with Crippen LogP contribution in [0.25, 0.3) is 0 Å². The van der Waals surface area contributed by atoms with E-state index in [2.05, 4.69) is 22.9 Å². The number of hydrogen-bond acceptors (Lipinski definition) is 5. The molecule has 0 saturated carbocycles. The molecule has 0 aliphatic heterocycles. The molecular weight excluding hydrogens is 522 g/mol. The lowest BCUT2D eigenvalue weighted by Gasteiger charge is -2.23. The van der Waals surface area contributed by atoms with E-state index in [1.165, 1.54) is 0 Å². The molecule has 0 heterocycles. The summed E-state index contributed by atoms with van der Waals surface area (Å²) in [5.41, 5.74) is 1.53. The van der Waals surface area contributed by atoms with Gasteiger partial charge in [-0.3, -0.25) is 24.0 Å². The maximum atomic E-state index is 12.6. The van der Waals surface area contributed by atoms with Crippen LogP contribution in [0.4, 0.5) is 5.69 Å². The fourth-order valence-electron chi connectivity index (χ4n) is 4.15. The van der Waals surface area contributed by atoms with Crippen LogP contribution in [-0.4, -0.2) is 79.1 Å². The minimum atomic E-state index is -0.703. The van der Waals surface area contributed by atoms with E-state index < -0.39 is 6.04 Å². The number of hydrogen-bond donors (Lipinski definition) is 3. The van der Waals surface area contributed by atoms with Crippen molar-refractivity contribution < 1.29 is 24.0 Å². The van der Waals surface area contributed by atoms with Crippen LogP contribution in [0, 0.1) is 11.8 Å². The van der Waals surface area contributed by atoms with Crippen LogP contribution < -0.4 is 16.0 Å². The highest BCUT2D eigenvalue weighted by atomic mass is 16.2. The molecule has 1 aromatic carbocycles. The molecule has 0 aliphatic rings. The number of carbonyl (C=O) groups is 5. The van der Waals surface area contributed by atoms with E-state index in [0.717, 1.165) is 31.2 Å². The van der Waals surface area contributed by atoms with Gasteiger partial charge in [-0.05, 0) is 36.5 Å². The van der Waals surface area contributed by atoms with Crippen molar-refractivity contribution in [3.05, 3.63) is 29.8 Å². The summed E-state index contributed by atoms with van der Waals surface area (Å²) in [6.45, 7) is 10.3. The van der Waals surface area contributed by atoms with Crippen LogP contribution in [0.15, 0.2) is 24.3 Å². The van der Waals surface area contributed by atoms with Gasteiger partial charge in [0.1, 0.15) is 6.04 Å². The summed E-state index contributed by atoms with van der Waals surface area (Å²) in [7, 11) is 3.48. The number of aryl methyl sites for hydroxylation is 1. The van der Waals surface area contributed by atoms with E-state index in [1.807, 2.05) is 39.8 Å². The molecule has 10 heteroatoms. The Hall–Kier alpha value is -3.43. The number of benzene rings is 1. The predicted molar refractivity (Wildman–Crippen MR) is 162 cm³/mol. The molecule has 0 aromatic heterocycles. The average molecular weight is 574 g/mol. The van der Waals surface area contributed by atoms with Crippen LogP contribution >= 0.6 is 0 Å². The van der Waals surface area contributed by atoms with Gasteiger partial charge in [0.25, 0.3) is 0 Å². The second-order valence-corrected chi connectivity index (χ2v) is 11.3. The van der Waals surface area contributed by atoms with Crippen molar-refractivity contribution in [2.24, 2.45) is 11.8 Å². The van der Waals surface area contributed by atoms with E-state index in [0.29, 0.717) is 38.0 Å². The van der Waals surface area contributed by atoms with Crippen LogP contribution in [0.2, 0.25) is 0 Å². The number of carbonyl (C=O) groups excluding carboxylic acids is 5. The first-order valence-corrected chi connectivity index (χ1v) is 14.8. The number of nitrogens with zero attached hydrogens (tertiary/aromatic N) is 2. The molecule has 1 aromatic rings. The minimum Gasteiger partial charge on any atom is -0.345 e. The summed E-state index contributed by atoms with van der Waals surface area (Å²) in [6.07, 6.45) is 5.22.